The fourth-order valence-corrected chi connectivity index (χ4v) is 1.55. The van der Waals surface area contributed by atoms with E-state index in [1.807, 2.05) is 0 Å². The van der Waals surface area contributed by atoms with Gasteiger partial charge in [-0.1, -0.05) is 20.8 Å². The van der Waals surface area contributed by atoms with E-state index in [4.69, 9.17) is 0 Å². The first-order chi connectivity index (χ1) is 6.28. The summed E-state index contributed by atoms with van der Waals surface area (Å²) in [5.41, 5.74) is 0.0122. The lowest BCUT2D eigenvalue weighted by Gasteiger charge is -2.45. The Morgan fingerprint density at radius 1 is 1.53 bits per heavy atom. The minimum Gasteiger partial charge on any atom is -0.350 e. The molecule has 0 bridgehead atoms. The van der Waals surface area contributed by atoms with Gasteiger partial charge in [0, 0.05) is 17.5 Å². The summed E-state index contributed by atoms with van der Waals surface area (Å²) in [4.78, 5) is 11.8. The summed E-state index contributed by atoms with van der Waals surface area (Å²) < 4.78 is 0. The summed E-state index contributed by atoms with van der Waals surface area (Å²) >= 11 is 0. The second-order valence-electron chi connectivity index (χ2n) is 5.53. The van der Waals surface area contributed by atoms with E-state index in [9.17, 15) is 4.79 Å². The molecule has 15 heavy (non-hydrogen) atoms. The zero-order valence-corrected chi connectivity index (χ0v) is 11.1. The highest BCUT2D eigenvalue weighted by Crippen LogP contribution is 2.28. The summed E-state index contributed by atoms with van der Waals surface area (Å²) in [6, 6.07) is -0.0201. The minimum atomic E-state index is -0.0928. The lowest BCUT2D eigenvalue weighted by Crippen LogP contribution is -2.67. The van der Waals surface area contributed by atoms with E-state index in [1.54, 1.807) is 0 Å². The van der Waals surface area contributed by atoms with Crippen LogP contribution in [0.5, 0.6) is 0 Å². The molecule has 3 nitrogen and oxygen atoms in total. The molecule has 1 fully saturated rings. The summed E-state index contributed by atoms with van der Waals surface area (Å²) in [5.74, 6) is 0.133. The van der Waals surface area contributed by atoms with Gasteiger partial charge in [-0.3, -0.25) is 4.79 Å². The minimum absolute atomic E-state index is 0. The number of carbonyl (C=O) groups excluding carboxylic acids is 1. The van der Waals surface area contributed by atoms with E-state index in [2.05, 4.69) is 45.3 Å². The molecule has 0 saturated carbocycles. The van der Waals surface area contributed by atoms with Gasteiger partial charge in [0.05, 0.1) is 6.04 Å². The summed E-state index contributed by atoms with van der Waals surface area (Å²) in [7, 11) is 0. The number of rotatable bonds is 3. The van der Waals surface area contributed by atoms with Crippen molar-refractivity contribution in [1.29, 1.82) is 0 Å². The Morgan fingerprint density at radius 3 is 2.33 bits per heavy atom. The standard InChI is InChI=1S/C11H22N2O.ClH/c1-6-11(4,5)13-9(14)8-10(2,3)7-12-8;/h8,12H,6-7H2,1-5H3,(H,13,14);1H. The van der Waals surface area contributed by atoms with Crippen molar-refractivity contribution < 1.29 is 4.79 Å². The van der Waals surface area contributed by atoms with Crippen LogP contribution in [-0.2, 0) is 4.79 Å². The molecule has 0 aromatic carbocycles. The van der Waals surface area contributed by atoms with Crippen LogP contribution >= 0.6 is 12.4 Å². The van der Waals surface area contributed by atoms with Gasteiger partial charge in [-0.25, -0.2) is 0 Å². The van der Waals surface area contributed by atoms with Crippen LogP contribution in [0.25, 0.3) is 0 Å². The van der Waals surface area contributed by atoms with E-state index in [0.717, 1.165) is 13.0 Å². The predicted octanol–water partition coefficient (Wildman–Crippen LogP) is 1.71. The van der Waals surface area contributed by atoms with Gasteiger partial charge in [0.25, 0.3) is 0 Å². The highest BCUT2D eigenvalue weighted by atomic mass is 35.5. The second kappa shape index (κ2) is 4.71. The maximum Gasteiger partial charge on any atom is 0.238 e. The zero-order valence-electron chi connectivity index (χ0n) is 10.3. The normalized spacial score (nSPS) is 23.7. The van der Waals surface area contributed by atoms with Crippen LogP contribution in [0.4, 0.5) is 0 Å². The molecule has 1 amide bonds. The Morgan fingerprint density at radius 2 is 2.07 bits per heavy atom. The van der Waals surface area contributed by atoms with E-state index < -0.39 is 0 Å². The third kappa shape index (κ3) is 3.35. The van der Waals surface area contributed by atoms with E-state index in [1.165, 1.54) is 0 Å². The molecule has 1 atom stereocenters. The Kier molecular flexibility index (Phi) is 4.62. The van der Waals surface area contributed by atoms with E-state index in [-0.39, 0.29) is 35.3 Å². The van der Waals surface area contributed by atoms with Gasteiger partial charge in [-0.2, -0.15) is 0 Å². The van der Waals surface area contributed by atoms with E-state index >= 15 is 0 Å². The molecule has 0 aromatic heterocycles. The van der Waals surface area contributed by atoms with Gasteiger partial charge in [0.15, 0.2) is 0 Å². The molecule has 0 radical (unpaired) electrons. The van der Waals surface area contributed by atoms with Crippen molar-refractivity contribution in [2.75, 3.05) is 6.54 Å². The lowest BCUT2D eigenvalue weighted by molar-refractivity contribution is -0.131. The Labute approximate surface area is 98.8 Å². The topological polar surface area (TPSA) is 41.1 Å². The average Bonchev–Trinajstić information content (AvgIpc) is 2.01. The first kappa shape index (κ1) is 14.7. The van der Waals surface area contributed by atoms with Gasteiger partial charge in [0.1, 0.15) is 0 Å². The van der Waals surface area contributed by atoms with E-state index in [0.29, 0.717) is 0 Å². The average molecular weight is 235 g/mol. The van der Waals surface area contributed by atoms with Crippen LogP contribution in [0.1, 0.15) is 41.0 Å². The van der Waals surface area contributed by atoms with Crippen molar-refractivity contribution in [3.05, 3.63) is 0 Å². The predicted molar refractivity (Wildman–Crippen MR) is 65.3 cm³/mol. The Balaban J connectivity index is 0.00000196. The molecule has 1 aliphatic heterocycles. The second-order valence-corrected chi connectivity index (χ2v) is 5.53. The zero-order chi connectivity index (χ0) is 11.0. The fraction of sp³-hybridized carbons (Fsp3) is 0.909. The number of hydrogen-bond acceptors (Lipinski definition) is 2. The number of amides is 1. The van der Waals surface area contributed by atoms with Crippen molar-refractivity contribution in [2.45, 2.75) is 52.6 Å². The van der Waals surface area contributed by atoms with Crippen molar-refractivity contribution in [3.8, 4) is 0 Å². The van der Waals surface area contributed by atoms with Crippen molar-refractivity contribution in [2.24, 2.45) is 5.41 Å². The quantitative estimate of drug-likeness (QED) is 0.781. The van der Waals surface area contributed by atoms with Crippen LogP contribution in [0.2, 0.25) is 0 Å². The molecular weight excluding hydrogens is 212 g/mol. The SMILES string of the molecule is CCC(C)(C)NC(=O)C1NCC1(C)C.Cl. The molecule has 0 aliphatic carbocycles. The molecule has 1 unspecified atom stereocenters. The highest BCUT2D eigenvalue weighted by molar-refractivity contribution is 5.85. The molecule has 0 aromatic rings. The Bertz CT molecular complexity index is 239. The van der Waals surface area contributed by atoms with Crippen molar-refractivity contribution >= 4 is 18.3 Å². The van der Waals surface area contributed by atoms with Crippen molar-refractivity contribution in [3.63, 3.8) is 0 Å². The molecule has 1 saturated heterocycles. The molecule has 1 rings (SSSR count). The van der Waals surface area contributed by atoms with Crippen LogP contribution in [0, 0.1) is 5.41 Å². The fourth-order valence-electron chi connectivity index (χ4n) is 1.55. The molecule has 1 aliphatic rings. The highest BCUT2D eigenvalue weighted by Gasteiger charge is 2.43. The van der Waals surface area contributed by atoms with Gasteiger partial charge in [0.2, 0.25) is 5.91 Å². The number of hydrogen-bond donors (Lipinski definition) is 2. The van der Waals surface area contributed by atoms with Gasteiger partial charge in [-0.15, -0.1) is 12.4 Å². The summed E-state index contributed by atoms with van der Waals surface area (Å²) in [5, 5.41) is 6.23. The van der Waals surface area contributed by atoms with Crippen LogP contribution in [0.15, 0.2) is 0 Å². The lowest BCUT2D eigenvalue weighted by atomic mass is 9.76. The van der Waals surface area contributed by atoms with Gasteiger partial charge < -0.3 is 10.6 Å². The molecule has 90 valence electrons. The molecule has 4 heteroatoms. The first-order valence-corrected chi connectivity index (χ1v) is 5.34. The molecule has 0 spiro atoms. The number of halogens is 1. The van der Waals surface area contributed by atoms with Crippen LogP contribution < -0.4 is 10.6 Å². The summed E-state index contributed by atoms with van der Waals surface area (Å²) in [6.07, 6.45) is 0.950. The Hall–Kier alpha value is -0.280. The van der Waals surface area contributed by atoms with Gasteiger partial charge >= 0.3 is 0 Å². The van der Waals surface area contributed by atoms with Crippen LogP contribution in [-0.4, -0.2) is 24.0 Å². The van der Waals surface area contributed by atoms with Crippen LogP contribution in [0.3, 0.4) is 0 Å². The van der Waals surface area contributed by atoms with Gasteiger partial charge in [-0.05, 0) is 20.3 Å². The third-order valence-corrected chi connectivity index (χ3v) is 3.15. The first-order valence-electron chi connectivity index (χ1n) is 5.34. The molecule has 1 heterocycles. The largest absolute Gasteiger partial charge is 0.350 e. The smallest absolute Gasteiger partial charge is 0.238 e. The molecular formula is C11H23ClN2O. The molecule has 2 N–H and O–H groups in total. The number of carbonyl (C=O) groups is 1. The third-order valence-electron chi connectivity index (χ3n) is 3.15. The number of nitrogens with one attached hydrogen (secondary N) is 2. The maximum absolute atomic E-state index is 11.8. The summed E-state index contributed by atoms with van der Waals surface area (Å²) in [6.45, 7) is 11.4. The maximum atomic E-state index is 11.8. The van der Waals surface area contributed by atoms with Crippen molar-refractivity contribution in [1.82, 2.24) is 10.6 Å². The monoisotopic (exact) mass is 234 g/mol.